The fourth-order valence-electron chi connectivity index (χ4n) is 3.90. The fraction of sp³-hybridized carbons (Fsp3) is 0.148. The monoisotopic (exact) mass is 550 g/mol. The number of aromatic nitrogens is 3. The number of rotatable bonds is 2. The highest BCUT2D eigenvalue weighted by atomic mass is 19.4. The number of carbonyl (C=O) groups excluding carboxylic acids is 2. The summed E-state index contributed by atoms with van der Waals surface area (Å²) < 4.78 is 57.6. The lowest BCUT2D eigenvalue weighted by molar-refractivity contribution is -0.191. The van der Waals surface area contributed by atoms with Crippen LogP contribution in [-0.2, 0) is 9.53 Å². The number of amides is 2. The minimum atomic E-state index is -5.25. The van der Waals surface area contributed by atoms with Gasteiger partial charge in [-0.1, -0.05) is 24.1 Å². The smallest absolute Gasteiger partial charge is 0.403 e. The molecular formula is C27H18F4N6O3. The summed E-state index contributed by atoms with van der Waals surface area (Å²) in [5.41, 5.74) is 3.28. The van der Waals surface area contributed by atoms with Crippen LogP contribution in [0.15, 0.2) is 72.1 Å². The fourth-order valence-corrected chi connectivity index (χ4v) is 3.90. The van der Waals surface area contributed by atoms with Crippen LogP contribution < -0.4 is 5.32 Å². The zero-order valence-corrected chi connectivity index (χ0v) is 20.6. The first-order valence-corrected chi connectivity index (χ1v) is 11.7. The van der Waals surface area contributed by atoms with E-state index in [0.29, 0.717) is 28.2 Å². The van der Waals surface area contributed by atoms with Crippen molar-refractivity contribution in [3.05, 3.63) is 95.2 Å². The number of urea groups is 1. The first-order valence-electron chi connectivity index (χ1n) is 11.7. The van der Waals surface area contributed by atoms with E-state index in [4.69, 9.17) is 0 Å². The number of fused-ring (bicyclic) bond motifs is 1. The van der Waals surface area contributed by atoms with Gasteiger partial charge in [-0.15, -0.1) is 5.10 Å². The van der Waals surface area contributed by atoms with Crippen molar-refractivity contribution in [2.45, 2.75) is 25.6 Å². The van der Waals surface area contributed by atoms with E-state index in [0.717, 1.165) is 22.7 Å². The van der Waals surface area contributed by atoms with Crippen molar-refractivity contribution in [3.8, 4) is 11.8 Å². The van der Waals surface area contributed by atoms with E-state index in [1.807, 2.05) is 6.92 Å². The number of hydrogen-bond acceptors (Lipinski definition) is 6. The van der Waals surface area contributed by atoms with Gasteiger partial charge in [-0.05, 0) is 60.4 Å². The average Bonchev–Trinajstić information content (AvgIpc) is 3.53. The van der Waals surface area contributed by atoms with Crippen molar-refractivity contribution in [2.75, 3.05) is 5.32 Å². The third-order valence-corrected chi connectivity index (χ3v) is 5.88. The third kappa shape index (κ3) is 5.60. The van der Waals surface area contributed by atoms with E-state index in [2.05, 4.69) is 37.1 Å². The number of ether oxygens (including phenoxy) is 1. The van der Waals surface area contributed by atoms with Crippen molar-refractivity contribution >= 4 is 29.2 Å². The molecular weight excluding hydrogens is 532 g/mol. The normalized spacial score (nSPS) is 14.9. The molecule has 2 aromatic heterocycles. The van der Waals surface area contributed by atoms with Gasteiger partial charge in [-0.3, -0.25) is 0 Å². The first kappa shape index (κ1) is 26.4. The average molecular weight is 550 g/mol. The van der Waals surface area contributed by atoms with E-state index in [1.165, 1.54) is 12.1 Å². The summed E-state index contributed by atoms with van der Waals surface area (Å²) >= 11 is 0. The molecule has 202 valence electrons. The number of imidazole rings is 1. The SMILES string of the molecule is Cc1ccc(NC(=O)N2N=C(OC(=O)C(F)(F)F)CC2c2ccc(F)cc2)cc1C#Cc1cnc2cccnn12. The molecule has 3 heterocycles. The van der Waals surface area contributed by atoms with Gasteiger partial charge in [0.1, 0.15) is 11.5 Å². The maximum Gasteiger partial charge on any atom is 0.491 e. The molecule has 9 nitrogen and oxygen atoms in total. The number of hydrazone groups is 1. The van der Waals surface area contributed by atoms with Crippen molar-refractivity contribution in [1.29, 1.82) is 0 Å². The summed E-state index contributed by atoms with van der Waals surface area (Å²) in [6.07, 6.45) is -2.39. The van der Waals surface area contributed by atoms with E-state index in [9.17, 15) is 27.2 Å². The number of nitrogens with zero attached hydrogens (tertiary/aromatic N) is 5. The minimum absolute atomic E-state index is 0.324. The number of hydrogen-bond donors (Lipinski definition) is 1. The maximum absolute atomic E-state index is 13.5. The summed E-state index contributed by atoms with van der Waals surface area (Å²) in [5, 5.41) is 11.5. The lowest BCUT2D eigenvalue weighted by Gasteiger charge is -2.22. The van der Waals surface area contributed by atoms with E-state index in [-0.39, 0.29) is 6.42 Å². The van der Waals surface area contributed by atoms with Gasteiger partial charge >= 0.3 is 18.2 Å². The van der Waals surface area contributed by atoms with Crippen LogP contribution in [0.25, 0.3) is 5.65 Å². The second kappa shape index (κ2) is 10.5. The number of anilines is 1. The number of nitrogens with one attached hydrogen (secondary N) is 1. The Bertz CT molecular complexity index is 1700. The summed E-state index contributed by atoms with van der Waals surface area (Å²) in [6, 6.07) is 11.7. The van der Waals surface area contributed by atoms with Crippen molar-refractivity contribution < 1.29 is 31.9 Å². The predicted octanol–water partition coefficient (Wildman–Crippen LogP) is 4.97. The molecule has 2 aromatic carbocycles. The van der Waals surface area contributed by atoms with Gasteiger partial charge in [0.15, 0.2) is 5.65 Å². The topological polar surface area (TPSA) is 101 Å². The molecule has 0 spiro atoms. The van der Waals surface area contributed by atoms with Crippen LogP contribution in [0.4, 0.5) is 28.0 Å². The molecule has 2 amide bonds. The zero-order valence-electron chi connectivity index (χ0n) is 20.6. The highest BCUT2D eigenvalue weighted by molar-refractivity contribution is 5.96. The Labute approximate surface area is 224 Å². The molecule has 1 atom stereocenters. The van der Waals surface area contributed by atoms with Crippen molar-refractivity contribution in [3.63, 3.8) is 0 Å². The number of alkyl halides is 3. The quantitative estimate of drug-likeness (QED) is 0.216. The predicted molar refractivity (Wildman–Crippen MR) is 134 cm³/mol. The highest BCUT2D eigenvalue weighted by Crippen LogP contribution is 2.33. The Balaban J connectivity index is 1.39. The van der Waals surface area contributed by atoms with Gasteiger partial charge in [-0.25, -0.2) is 28.5 Å². The summed E-state index contributed by atoms with van der Waals surface area (Å²) in [4.78, 5) is 28.8. The summed E-state index contributed by atoms with van der Waals surface area (Å²) in [6.45, 7) is 1.83. The minimum Gasteiger partial charge on any atom is -0.403 e. The van der Waals surface area contributed by atoms with E-state index >= 15 is 0 Å². The molecule has 0 aliphatic carbocycles. The lowest BCUT2D eigenvalue weighted by Crippen LogP contribution is -2.31. The molecule has 0 radical (unpaired) electrons. The zero-order chi connectivity index (χ0) is 28.4. The van der Waals surface area contributed by atoms with Gasteiger partial charge in [0.25, 0.3) is 0 Å². The molecule has 4 aromatic rings. The van der Waals surface area contributed by atoms with Crippen LogP contribution in [0.2, 0.25) is 0 Å². The molecule has 0 saturated heterocycles. The molecule has 1 N–H and O–H groups in total. The largest absolute Gasteiger partial charge is 0.491 e. The van der Waals surface area contributed by atoms with Gasteiger partial charge in [-0.2, -0.15) is 18.3 Å². The number of carbonyl (C=O) groups is 2. The Morgan fingerprint density at radius 3 is 2.62 bits per heavy atom. The Kier molecular flexibility index (Phi) is 6.91. The second-order valence-corrected chi connectivity index (χ2v) is 8.64. The molecule has 5 rings (SSSR count). The summed E-state index contributed by atoms with van der Waals surface area (Å²) in [5.74, 6) is 2.42. The van der Waals surface area contributed by atoms with E-state index in [1.54, 1.807) is 47.2 Å². The molecule has 0 fully saturated rings. The Morgan fingerprint density at radius 2 is 1.88 bits per heavy atom. The summed E-state index contributed by atoms with van der Waals surface area (Å²) in [7, 11) is 0. The maximum atomic E-state index is 13.5. The number of halogens is 4. The van der Waals surface area contributed by atoms with Crippen LogP contribution in [0, 0.1) is 24.6 Å². The highest BCUT2D eigenvalue weighted by Gasteiger charge is 2.44. The van der Waals surface area contributed by atoms with Crippen LogP contribution in [0.3, 0.4) is 0 Å². The van der Waals surface area contributed by atoms with Gasteiger partial charge in [0, 0.05) is 17.4 Å². The third-order valence-electron chi connectivity index (χ3n) is 5.88. The molecule has 1 aliphatic heterocycles. The molecule has 40 heavy (non-hydrogen) atoms. The van der Waals surface area contributed by atoms with Crippen molar-refractivity contribution in [2.24, 2.45) is 5.10 Å². The van der Waals surface area contributed by atoms with Gasteiger partial charge in [0.05, 0.1) is 18.7 Å². The Hall–Kier alpha value is -5.25. The van der Waals surface area contributed by atoms with Crippen molar-refractivity contribution in [1.82, 2.24) is 19.6 Å². The lowest BCUT2D eigenvalue weighted by atomic mass is 10.0. The molecule has 0 bridgehead atoms. The van der Waals surface area contributed by atoms with Gasteiger partial charge < -0.3 is 10.1 Å². The van der Waals surface area contributed by atoms with Crippen LogP contribution in [0.1, 0.15) is 34.8 Å². The number of benzene rings is 2. The number of esters is 1. The van der Waals surface area contributed by atoms with Crippen LogP contribution in [-0.4, -0.2) is 43.7 Å². The van der Waals surface area contributed by atoms with E-state index < -0.39 is 35.9 Å². The first-order chi connectivity index (χ1) is 19.1. The Morgan fingerprint density at radius 1 is 1.10 bits per heavy atom. The number of aryl methyl sites for hydroxylation is 1. The standard InChI is InChI=1S/C27H18F4N6O3/c1-16-4-10-20(13-18(16)7-11-21-15-32-23-3-2-12-33-36(21)23)34-26(39)37-22(17-5-8-19(28)9-6-17)14-24(35-37)40-25(38)27(29,30)31/h2-6,8-10,12-13,15,22H,14H2,1H3,(H,34,39). The molecule has 0 saturated carbocycles. The van der Waals surface area contributed by atoms with Crippen LogP contribution in [0.5, 0.6) is 0 Å². The molecule has 1 aliphatic rings. The van der Waals surface area contributed by atoms with Gasteiger partial charge in [0.2, 0.25) is 5.90 Å². The second-order valence-electron chi connectivity index (χ2n) is 8.64. The molecule has 13 heteroatoms. The molecule has 1 unspecified atom stereocenters. The van der Waals surface area contributed by atoms with Crippen LogP contribution >= 0.6 is 0 Å².